The number of aliphatic hydroxyl groups excluding tert-OH is 2. The van der Waals surface area contributed by atoms with Gasteiger partial charge in [0.05, 0.1) is 12.2 Å². The van der Waals surface area contributed by atoms with Crippen LogP contribution in [-0.2, 0) is 19.1 Å². The number of benzene rings is 2. The van der Waals surface area contributed by atoms with Gasteiger partial charge >= 0.3 is 0 Å². The maximum atomic E-state index is 17.6. The highest BCUT2D eigenvalue weighted by Crippen LogP contribution is 2.72. The number of aliphatic hydroxyl groups is 2. The first-order valence-corrected chi connectivity index (χ1v) is 16.6. The number of hydrogen-bond donors (Lipinski definition) is 3. The van der Waals surface area contributed by atoms with Crippen LogP contribution in [0.15, 0.2) is 76.1 Å². The Labute approximate surface area is 271 Å². The molecule has 0 amide bonds. The predicted octanol–water partition coefficient (Wildman–Crippen LogP) is 5.83. The van der Waals surface area contributed by atoms with Gasteiger partial charge in [-0.2, -0.15) is 0 Å². The fourth-order valence-electron chi connectivity index (χ4n) is 9.50. The third-order valence-electron chi connectivity index (χ3n) is 11.7. The number of hydrogen-bond acceptors (Lipinski definition) is 8. The summed E-state index contributed by atoms with van der Waals surface area (Å²) in [5.41, 5.74) is -3.77. The third kappa shape index (κ3) is 4.23. The number of nitrogens with one attached hydrogen (secondary N) is 1. The van der Waals surface area contributed by atoms with Crippen molar-refractivity contribution in [1.29, 1.82) is 0 Å². The standard InChI is InChI=1S/C36H39F2NO6S/c1-19-11-21(39-4)13-24(12-19)46-23-7-5-20(6-8-23)32-44-31-16-25-26-15-28(37)27-14-22(41)9-10-33(27,2)35(26,38)29(42)17-34(25,3)36(31,45-32)30(43)18-40/h5-14,25-26,28-29,31-32,39-40,42H,15-18H2,1-4H3/t25-,26-,28-,29-,31+,32+,33-,34-,35-,36+/m0/s1. The number of halogens is 2. The van der Waals surface area contributed by atoms with Gasteiger partial charge in [0, 0.05) is 44.8 Å². The number of carbonyl (C=O) groups excluding carboxylic acids is 2. The van der Waals surface area contributed by atoms with Gasteiger partial charge in [-0.15, -0.1) is 0 Å². The van der Waals surface area contributed by atoms with Crippen LogP contribution >= 0.6 is 11.8 Å². The largest absolute Gasteiger partial charge is 0.390 e. The minimum atomic E-state index is -2.29. The molecule has 0 unspecified atom stereocenters. The number of alkyl halides is 2. The minimum absolute atomic E-state index is 0.0415. The van der Waals surface area contributed by atoms with E-state index in [9.17, 15) is 19.8 Å². The molecule has 10 atom stereocenters. The molecule has 4 aliphatic carbocycles. The number of allylic oxidation sites excluding steroid dienone is 4. The lowest BCUT2D eigenvalue weighted by atomic mass is 9.44. The smallest absolute Gasteiger partial charge is 0.193 e. The SMILES string of the molecule is CNc1cc(C)cc(Sc2ccc([C@@H]3O[C@@H]4C[C@H]5[C@@H]6C[C@H](F)C7=CC(=O)C=C[C@]7(C)[C@@]6(F)[C@@H](O)C[C@]5(C)[C@]4(C(=O)CO)O3)cc2)c1. The summed E-state index contributed by atoms with van der Waals surface area (Å²) in [6.45, 7) is 4.54. The monoisotopic (exact) mass is 651 g/mol. The molecule has 3 saturated carbocycles. The number of Topliss-reactive ketones (excluding diaryl/α,β-unsaturated/α-hetero) is 1. The van der Waals surface area contributed by atoms with E-state index in [2.05, 4.69) is 23.5 Å². The summed E-state index contributed by atoms with van der Waals surface area (Å²) in [4.78, 5) is 28.0. The van der Waals surface area contributed by atoms with Crippen LogP contribution in [0.25, 0.3) is 0 Å². The van der Waals surface area contributed by atoms with Gasteiger partial charge in [0.15, 0.2) is 29.1 Å². The molecule has 7 nitrogen and oxygen atoms in total. The second kappa shape index (κ2) is 10.8. The summed E-state index contributed by atoms with van der Waals surface area (Å²) in [7, 11) is 1.88. The van der Waals surface area contributed by atoms with Gasteiger partial charge < -0.3 is 25.0 Å². The Balaban J connectivity index is 1.19. The van der Waals surface area contributed by atoms with E-state index in [1.54, 1.807) is 25.6 Å². The van der Waals surface area contributed by atoms with Crippen LogP contribution in [0.2, 0.25) is 0 Å². The van der Waals surface area contributed by atoms with Crippen LogP contribution in [0.1, 0.15) is 50.5 Å². The van der Waals surface area contributed by atoms with Crippen LogP contribution in [0, 0.1) is 29.6 Å². The van der Waals surface area contributed by atoms with Crippen LogP contribution in [-0.4, -0.2) is 65.1 Å². The normalized spacial score (nSPS) is 40.9. The number of anilines is 1. The molecule has 1 heterocycles. The summed E-state index contributed by atoms with van der Waals surface area (Å²) in [6.07, 6.45) is -1.38. The molecule has 0 bridgehead atoms. The maximum absolute atomic E-state index is 17.6. The Bertz CT molecular complexity index is 1660. The van der Waals surface area contributed by atoms with E-state index in [1.165, 1.54) is 12.2 Å². The predicted molar refractivity (Wildman–Crippen MR) is 169 cm³/mol. The van der Waals surface area contributed by atoms with E-state index in [4.69, 9.17) is 9.47 Å². The molecule has 0 spiro atoms. The fraction of sp³-hybridized carbons (Fsp3) is 0.500. The first-order chi connectivity index (χ1) is 21.8. The quantitative estimate of drug-likeness (QED) is 0.359. The van der Waals surface area contributed by atoms with Crippen LogP contribution in [0.4, 0.5) is 14.5 Å². The Kier molecular flexibility index (Phi) is 7.45. The Hall–Kier alpha value is -2.89. The van der Waals surface area contributed by atoms with Crippen molar-refractivity contribution in [2.45, 2.75) is 85.8 Å². The van der Waals surface area contributed by atoms with Gasteiger partial charge in [-0.3, -0.25) is 9.59 Å². The van der Waals surface area contributed by atoms with Crippen molar-refractivity contribution < 1.29 is 38.1 Å². The van der Waals surface area contributed by atoms with Gasteiger partial charge in [-0.25, -0.2) is 8.78 Å². The van der Waals surface area contributed by atoms with Crippen molar-refractivity contribution in [1.82, 2.24) is 0 Å². The topological polar surface area (TPSA) is 105 Å². The molecule has 1 saturated heterocycles. The van der Waals surface area contributed by atoms with E-state index in [0.717, 1.165) is 27.1 Å². The molecule has 1 aliphatic heterocycles. The number of carbonyl (C=O) groups is 2. The van der Waals surface area contributed by atoms with Crippen molar-refractivity contribution in [2.24, 2.45) is 22.7 Å². The number of fused-ring (bicyclic) bond motifs is 7. The van der Waals surface area contributed by atoms with E-state index < -0.39 is 76.8 Å². The highest BCUT2D eigenvalue weighted by atomic mass is 32.2. The first-order valence-electron chi connectivity index (χ1n) is 15.8. The van der Waals surface area contributed by atoms with Crippen molar-refractivity contribution >= 4 is 29.0 Å². The summed E-state index contributed by atoms with van der Waals surface area (Å²) in [5, 5.41) is 25.1. The van der Waals surface area contributed by atoms with E-state index >= 15 is 8.78 Å². The van der Waals surface area contributed by atoms with Gasteiger partial charge in [0.1, 0.15) is 12.8 Å². The zero-order valence-corrected chi connectivity index (χ0v) is 27.1. The van der Waals surface area contributed by atoms with Crippen LogP contribution in [0.3, 0.4) is 0 Å². The molecule has 0 aromatic heterocycles. The molecule has 2 aromatic carbocycles. The van der Waals surface area contributed by atoms with Crippen LogP contribution < -0.4 is 5.32 Å². The number of ketones is 2. The third-order valence-corrected chi connectivity index (χ3v) is 12.6. The molecule has 4 fully saturated rings. The van der Waals surface area contributed by atoms with E-state index in [-0.39, 0.29) is 24.8 Å². The van der Waals surface area contributed by atoms with Crippen molar-refractivity contribution in [3.05, 3.63) is 77.4 Å². The molecular formula is C36H39F2NO6S. The zero-order valence-electron chi connectivity index (χ0n) is 26.3. The second-order valence-electron chi connectivity index (χ2n) is 13.9. The highest BCUT2D eigenvalue weighted by Gasteiger charge is 2.80. The first kappa shape index (κ1) is 31.7. The minimum Gasteiger partial charge on any atom is -0.390 e. The zero-order chi connectivity index (χ0) is 32.8. The number of rotatable bonds is 6. The fourth-order valence-corrected chi connectivity index (χ4v) is 10.5. The number of ether oxygens (including phenoxy) is 2. The molecule has 2 aromatic rings. The van der Waals surface area contributed by atoms with Crippen LogP contribution in [0.5, 0.6) is 0 Å². The second-order valence-corrected chi connectivity index (χ2v) is 15.1. The number of aryl methyl sites for hydroxylation is 1. The molecule has 0 radical (unpaired) electrons. The summed E-state index contributed by atoms with van der Waals surface area (Å²) >= 11 is 1.61. The van der Waals surface area contributed by atoms with E-state index in [1.807, 2.05) is 38.2 Å². The summed E-state index contributed by atoms with van der Waals surface area (Å²) in [6, 6.07) is 13.9. The summed E-state index contributed by atoms with van der Waals surface area (Å²) in [5.74, 6) is -2.59. The lowest BCUT2D eigenvalue weighted by Crippen LogP contribution is -2.70. The Morgan fingerprint density at radius 2 is 1.85 bits per heavy atom. The molecule has 5 aliphatic rings. The van der Waals surface area contributed by atoms with Gasteiger partial charge in [-0.05, 0) is 92.6 Å². The maximum Gasteiger partial charge on any atom is 0.193 e. The molecule has 10 heteroatoms. The summed E-state index contributed by atoms with van der Waals surface area (Å²) < 4.78 is 46.4. The highest BCUT2D eigenvalue weighted by molar-refractivity contribution is 7.99. The van der Waals surface area contributed by atoms with Crippen molar-refractivity contribution in [3.63, 3.8) is 0 Å². The van der Waals surface area contributed by atoms with E-state index in [0.29, 0.717) is 5.56 Å². The average molecular weight is 652 g/mol. The molecule has 46 heavy (non-hydrogen) atoms. The lowest BCUT2D eigenvalue weighted by Gasteiger charge is -2.63. The Morgan fingerprint density at radius 3 is 2.54 bits per heavy atom. The lowest BCUT2D eigenvalue weighted by molar-refractivity contribution is -0.235. The molecule has 7 rings (SSSR count). The van der Waals surface area contributed by atoms with Gasteiger partial charge in [-0.1, -0.05) is 36.9 Å². The molecule has 3 N–H and O–H groups in total. The Morgan fingerprint density at radius 1 is 1.11 bits per heavy atom. The van der Waals surface area contributed by atoms with Crippen molar-refractivity contribution in [3.8, 4) is 0 Å². The average Bonchev–Trinajstić information content (AvgIpc) is 3.52. The van der Waals surface area contributed by atoms with Gasteiger partial charge in [0.2, 0.25) is 0 Å². The van der Waals surface area contributed by atoms with Gasteiger partial charge in [0.25, 0.3) is 0 Å². The van der Waals surface area contributed by atoms with Crippen molar-refractivity contribution in [2.75, 3.05) is 19.0 Å². The molecular weight excluding hydrogens is 612 g/mol. The molecule has 244 valence electrons.